The smallest absolute Gasteiger partial charge is 0.256 e. The maximum absolute atomic E-state index is 13.8. The van der Waals surface area contributed by atoms with Gasteiger partial charge in [0, 0.05) is 36.3 Å². The van der Waals surface area contributed by atoms with Crippen LogP contribution < -0.4 is 0 Å². The Morgan fingerprint density at radius 1 is 1.08 bits per heavy atom. The van der Waals surface area contributed by atoms with Crippen molar-refractivity contribution in [3.05, 3.63) is 71.4 Å². The minimum atomic E-state index is -0.802. The number of benzene rings is 2. The van der Waals surface area contributed by atoms with E-state index in [4.69, 9.17) is 0 Å². The van der Waals surface area contributed by atoms with Crippen molar-refractivity contribution >= 4 is 16.8 Å². The molecule has 2 aromatic carbocycles. The molecule has 3 aromatic rings. The van der Waals surface area contributed by atoms with Crippen molar-refractivity contribution in [3.8, 4) is 0 Å². The zero-order valence-corrected chi connectivity index (χ0v) is 13.6. The normalized spacial score (nSPS) is 15.7. The summed E-state index contributed by atoms with van der Waals surface area (Å²) in [5.74, 6) is -1.47. The largest absolute Gasteiger partial charge is 0.361 e. The van der Waals surface area contributed by atoms with Gasteiger partial charge in [-0.15, -0.1) is 0 Å². The van der Waals surface area contributed by atoms with Crippen LogP contribution in [0.5, 0.6) is 0 Å². The van der Waals surface area contributed by atoms with E-state index in [0.717, 1.165) is 30.5 Å². The molecule has 1 amide bonds. The first-order valence-corrected chi connectivity index (χ1v) is 8.44. The third-order valence-electron chi connectivity index (χ3n) is 5.00. The molecule has 1 aliphatic rings. The van der Waals surface area contributed by atoms with Crippen molar-refractivity contribution in [1.82, 2.24) is 9.88 Å². The van der Waals surface area contributed by atoms with E-state index in [0.29, 0.717) is 19.0 Å². The summed E-state index contributed by atoms with van der Waals surface area (Å²) in [6.45, 7) is 1.14. The van der Waals surface area contributed by atoms with Gasteiger partial charge < -0.3 is 9.88 Å². The van der Waals surface area contributed by atoms with Gasteiger partial charge in [-0.05, 0) is 42.5 Å². The Hall–Kier alpha value is -2.69. The molecule has 1 aliphatic heterocycles. The van der Waals surface area contributed by atoms with E-state index in [1.54, 1.807) is 4.90 Å². The number of carbonyl (C=O) groups excluding carboxylic acids is 1. The van der Waals surface area contributed by atoms with Crippen LogP contribution in [0, 0.1) is 11.6 Å². The van der Waals surface area contributed by atoms with Crippen molar-refractivity contribution in [1.29, 1.82) is 0 Å². The number of hydrogen-bond acceptors (Lipinski definition) is 1. The molecule has 0 radical (unpaired) electrons. The van der Waals surface area contributed by atoms with Gasteiger partial charge in [0.15, 0.2) is 0 Å². The lowest BCUT2D eigenvalue weighted by Gasteiger charge is -2.32. The minimum Gasteiger partial charge on any atom is -0.361 e. The maximum Gasteiger partial charge on any atom is 0.256 e. The SMILES string of the molecule is O=C(c1ccc(F)cc1F)N1CCC(c2c[nH]c3ccccc23)CC1. The number of nitrogens with one attached hydrogen (secondary N) is 1. The second kappa shape index (κ2) is 6.31. The van der Waals surface area contributed by atoms with E-state index < -0.39 is 11.6 Å². The number of halogens is 2. The zero-order valence-electron chi connectivity index (χ0n) is 13.6. The highest BCUT2D eigenvalue weighted by molar-refractivity contribution is 5.94. The van der Waals surface area contributed by atoms with Gasteiger partial charge in [0.05, 0.1) is 5.56 Å². The lowest BCUT2D eigenvalue weighted by atomic mass is 9.89. The first kappa shape index (κ1) is 15.8. The maximum atomic E-state index is 13.8. The molecule has 0 spiro atoms. The van der Waals surface area contributed by atoms with Crippen LogP contribution in [-0.2, 0) is 0 Å². The Kier molecular flexibility index (Phi) is 3.99. The molecule has 128 valence electrons. The van der Waals surface area contributed by atoms with Gasteiger partial charge in [-0.3, -0.25) is 4.79 Å². The van der Waals surface area contributed by atoms with E-state index >= 15 is 0 Å². The number of carbonyl (C=O) groups is 1. The summed E-state index contributed by atoms with van der Waals surface area (Å²) in [4.78, 5) is 17.4. The summed E-state index contributed by atoms with van der Waals surface area (Å²) >= 11 is 0. The van der Waals surface area contributed by atoms with Gasteiger partial charge >= 0.3 is 0 Å². The number of fused-ring (bicyclic) bond motifs is 1. The van der Waals surface area contributed by atoms with Crippen molar-refractivity contribution in [2.75, 3.05) is 13.1 Å². The Morgan fingerprint density at radius 3 is 2.60 bits per heavy atom. The first-order chi connectivity index (χ1) is 12.1. The number of likely N-dealkylation sites (tertiary alicyclic amines) is 1. The quantitative estimate of drug-likeness (QED) is 0.734. The standard InChI is InChI=1S/C20H18F2N2O/c21-14-5-6-16(18(22)11-14)20(25)24-9-7-13(8-10-24)17-12-23-19-4-2-1-3-15(17)19/h1-6,11-13,23H,7-10H2. The molecule has 0 bridgehead atoms. The van der Waals surface area contributed by atoms with Gasteiger partial charge in [0.2, 0.25) is 0 Å². The molecule has 2 heterocycles. The van der Waals surface area contributed by atoms with Gasteiger partial charge in [0.25, 0.3) is 5.91 Å². The predicted octanol–water partition coefficient (Wildman–Crippen LogP) is 4.47. The molecule has 25 heavy (non-hydrogen) atoms. The van der Waals surface area contributed by atoms with E-state index in [-0.39, 0.29) is 11.5 Å². The van der Waals surface area contributed by atoms with Gasteiger partial charge in [-0.2, -0.15) is 0 Å². The lowest BCUT2D eigenvalue weighted by molar-refractivity contribution is 0.0708. The van der Waals surface area contributed by atoms with Crippen LogP contribution in [0.15, 0.2) is 48.7 Å². The van der Waals surface area contributed by atoms with Crippen LogP contribution >= 0.6 is 0 Å². The molecule has 3 nitrogen and oxygen atoms in total. The average molecular weight is 340 g/mol. The number of amides is 1. The topological polar surface area (TPSA) is 36.1 Å². The van der Waals surface area contributed by atoms with Crippen LogP contribution in [0.3, 0.4) is 0 Å². The van der Waals surface area contributed by atoms with Crippen LogP contribution in [0.2, 0.25) is 0 Å². The van der Waals surface area contributed by atoms with Gasteiger partial charge in [0.1, 0.15) is 11.6 Å². The van der Waals surface area contributed by atoms with Crippen LogP contribution in [0.25, 0.3) is 10.9 Å². The third-order valence-corrected chi connectivity index (χ3v) is 5.00. The van der Waals surface area contributed by atoms with Gasteiger partial charge in [-0.1, -0.05) is 18.2 Å². The number of H-pyrrole nitrogens is 1. The van der Waals surface area contributed by atoms with Crippen molar-refractivity contribution in [3.63, 3.8) is 0 Å². The Bertz CT molecular complexity index is 926. The molecule has 1 aromatic heterocycles. The van der Waals surface area contributed by atoms with Crippen molar-refractivity contribution < 1.29 is 13.6 Å². The number of rotatable bonds is 2. The summed E-state index contributed by atoms with van der Waals surface area (Å²) in [6.07, 6.45) is 3.71. The highest BCUT2D eigenvalue weighted by Crippen LogP contribution is 2.33. The second-order valence-electron chi connectivity index (χ2n) is 6.48. The Labute approximate surface area is 144 Å². The molecule has 4 rings (SSSR count). The monoisotopic (exact) mass is 340 g/mol. The summed E-state index contributed by atoms with van der Waals surface area (Å²) in [7, 11) is 0. The molecule has 1 saturated heterocycles. The second-order valence-corrected chi connectivity index (χ2v) is 6.48. The number of aromatic nitrogens is 1. The van der Waals surface area contributed by atoms with Crippen LogP contribution in [0.4, 0.5) is 8.78 Å². The molecule has 1 fully saturated rings. The van der Waals surface area contributed by atoms with Crippen LogP contribution in [-0.4, -0.2) is 28.9 Å². The fourth-order valence-corrected chi connectivity index (χ4v) is 3.66. The van der Waals surface area contributed by atoms with E-state index in [1.165, 1.54) is 17.0 Å². The molecular formula is C20H18F2N2O. The fraction of sp³-hybridized carbons (Fsp3) is 0.250. The lowest BCUT2D eigenvalue weighted by Crippen LogP contribution is -2.38. The highest BCUT2D eigenvalue weighted by atomic mass is 19.1. The Balaban J connectivity index is 1.49. The van der Waals surface area contributed by atoms with Crippen LogP contribution in [0.1, 0.15) is 34.7 Å². The van der Waals surface area contributed by atoms with Gasteiger partial charge in [-0.25, -0.2) is 8.78 Å². The van der Waals surface area contributed by atoms with E-state index in [1.807, 2.05) is 18.3 Å². The number of piperidine rings is 1. The molecule has 5 heteroatoms. The fourth-order valence-electron chi connectivity index (χ4n) is 3.66. The summed E-state index contributed by atoms with van der Waals surface area (Å²) in [5.41, 5.74) is 2.33. The number of para-hydroxylation sites is 1. The van der Waals surface area contributed by atoms with Crippen molar-refractivity contribution in [2.45, 2.75) is 18.8 Å². The van der Waals surface area contributed by atoms with E-state index in [2.05, 4.69) is 17.1 Å². The number of aromatic amines is 1. The van der Waals surface area contributed by atoms with E-state index in [9.17, 15) is 13.6 Å². The molecule has 1 N–H and O–H groups in total. The molecule has 0 saturated carbocycles. The predicted molar refractivity (Wildman–Crippen MR) is 92.5 cm³/mol. The summed E-state index contributed by atoms with van der Waals surface area (Å²) < 4.78 is 26.9. The third kappa shape index (κ3) is 2.90. The molecule has 0 aliphatic carbocycles. The minimum absolute atomic E-state index is 0.0630. The average Bonchev–Trinajstić information content (AvgIpc) is 3.05. The Morgan fingerprint density at radius 2 is 1.84 bits per heavy atom. The molecule has 0 unspecified atom stereocenters. The zero-order chi connectivity index (χ0) is 17.4. The highest BCUT2D eigenvalue weighted by Gasteiger charge is 2.27. The number of hydrogen-bond donors (Lipinski definition) is 1. The van der Waals surface area contributed by atoms with Crippen molar-refractivity contribution in [2.24, 2.45) is 0 Å². The molecule has 0 atom stereocenters. The molecular weight excluding hydrogens is 322 g/mol. The summed E-state index contributed by atoms with van der Waals surface area (Å²) in [5, 5.41) is 1.22. The summed E-state index contributed by atoms with van der Waals surface area (Å²) in [6, 6.07) is 11.3. The number of nitrogens with zero attached hydrogens (tertiary/aromatic N) is 1. The first-order valence-electron chi connectivity index (χ1n) is 8.44.